The minimum Gasteiger partial charge on any atom is -0.439 e. The van der Waals surface area contributed by atoms with Gasteiger partial charge in [0.2, 0.25) is 0 Å². The van der Waals surface area contributed by atoms with E-state index in [4.69, 9.17) is 9.84 Å². The summed E-state index contributed by atoms with van der Waals surface area (Å²) in [6, 6.07) is 0. The maximum absolute atomic E-state index is 11.0. The molecule has 1 saturated heterocycles. The molecule has 1 rings (SSSR count). The molecule has 1 atom stereocenters. The van der Waals surface area contributed by atoms with Gasteiger partial charge in [0, 0.05) is 13.1 Å². The largest absolute Gasteiger partial charge is 0.439 e. The number of alkyl halides is 1. The second-order valence-electron chi connectivity index (χ2n) is 2.41. The van der Waals surface area contributed by atoms with Gasteiger partial charge in [-0.1, -0.05) is 0 Å². The number of rotatable bonds is 1. The highest BCUT2D eigenvalue weighted by Gasteiger charge is 2.25. The van der Waals surface area contributed by atoms with E-state index in [2.05, 4.69) is 0 Å². The number of aliphatic hydroxyl groups excluding tert-OH is 1. The van der Waals surface area contributed by atoms with Crippen LogP contribution in [0.1, 0.15) is 6.42 Å². The smallest absolute Gasteiger partial charge is 0.410 e. The third kappa shape index (κ3) is 2.48. The van der Waals surface area contributed by atoms with Gasteiger partial charge in [0.15, 0.2) is 0 Å². The summed E-state index contributed by atoms with van der Waals surface area (Å²) >= 11 is 1.96. The van der Waals surface area contributed by atoms with Crippen molar-refractivity contribution in [3.63, 3.8) is 0 Å². The summed E-state index contributed by atoms with van der Waals surface area (Å²) in [6.45, 7) is 1.02. The Morgan fingerprint density at radius 1 is 1.82 bits per heavy atom. The number of ether oxygens (including phenoxy) is 1. The molecule has 0 unspecified atom stereocenters. The number of halogens is 1. The summed E-state index contributed by atoms with van der Waals surface area (Å²) < 4.78 is 5.10. The molecule has 64 valence electrons. The highest BCUT2D eigenvalue weighted by Crippen LogP contribution is 2.09. The fraction of sp³-hybridized carbons (Fsp3) is 0.833. The van der Waals surface area contributed by atoms with Crippen LogP contribution in [0.5, 0.6) is 0 Å². The number of hydrogen-bond donors (Lipinski definition) is 1. The molecule has 5 heteroatoms. The topological polar surface area (TPSA) is 49.8 Å². The average Bonchev–Trinajstić information content (AvgIpc) is 2.36. The monoisotopic (exact) mass is 271 g/mol. The molecule has 0 aromatic rings. The second-order valence-corrected chi connectivity index (χ2v) is 3.03. The summed E-state index contributed by atoms with van der Waals surface area (Å²) in [6.07, 6.45) is -0.0243. The normalized spacial score (nSPS) is 23.8. The second kappa shape index (κ2) is 4.10. The van der Waals surface area contributed by atoms with Gasteiger partial charge < -0.3 is 14.7 Å². The average molecular weight is 271 g/mol. The van der Waals surface area contributed by atoms with E-state index in [-0.39, 0.29) is 12.2 Å². The number of β-amino-alcohol motifs (C(OH)–C–C–N with tert-alkyl or cyclic N) is 1. The van der Waals surface area contributed by atoms with Crippen molar-refractivity contribution < 1.29 is 14.6 Å². The molecule has 0 aliphatic carbocycles. The van der Waals surface area contributed by atoms with Gasteiger partial charge in [-0.05, 0) is 29.0 Å². The Bertz CT molecular complexity index is 153. The van der Waals surface area contributed by atoms with Crippen molar-refractivity contribution in [1.82, 2.24) is 4.90 Å². The number of amides is 1. The highest BCUT2D eigenvalue weighted by atomic mass is 127. The number of carbonyl (C=O) groups is 1. The molecule has 1 aliphatic rings. The predicted octanol–water partition coefficient (Wildman–Crippen LogP) is 0.582. The fourth-order valence-corrected chi connectivity index (χ4v) is 1.31. The summed E-state index contributed by atoms with van der Waals surface area (Å²) in [4.78, 5) is 12.5. The molecule has 0 radical (unpaired) electrons. The minimum atomic E-state index is -0.364. The number of aliphatic hydroxyl groups is 1. The predicted molar refractivity (Wildman–Crippen MR) is 47.6 cm³/mol. The van der Waals surface area contributed by atoms with Crippen molar-refractivity contribution in [2.24, 2.45) is 0 Å². The molecular weight excluding hydrogens is 261 g/mol. The third-order valence-corrected chi connectivity index (χ3v) is 1.91. The van der Waals surface area contributed by atoms with Gasteiger partial charge in [-0.15, -0.1) is 0 Å². The summed E-state index contributed by atoms with van der Waals surface area (Å²) in [5.41, 5.74) is 0. The SMILES string of the molecule is O=C(OCI)N1CC[C@@H](O)C1. The number of carbonyl (C=O) groups excluding carboxylic acids is 1. The molecule has 1 amide bonds. The molecule has 0 aromatic carbocycles. The zero-order chi connectivity index (χ0) is 8.27. The molecule has 1 N–H and O–H groups in total. The third-order valence-electron chi connectivity index (χ3n) is 1.60. The van der Waals surface area contributed by atoms with Crippen molar-refractivity contribution in [3.05, 3.63) is 0 Å². The van der Waals surface area contributed by atoms with Gasteiger partial charge >= 0.3 is 6.09 Å². The summed E-state index contributed by atoms with van der Waals surface area (Å²) in [5, 5.41) is 9.07. The van der Waals surface area contributed by atoms with Crippen LogP contribution in [0.25, 0.3) is 0 Å². The van der Waals surface area contributed by atoms with E-state index in [1.165, 1.54) is 4.90 Å². The maximum atomic E-state index is 11.0. The van der Waals surface area contributed by atoms with Crippen molar-refractivity contribution in [1.29, 1.82) is 0 Å². The van der Waals surface area contributed by atoms with Gasteiger partial charge in [0.25, 0.3) is 0 Å². The van der Waals surface area contributed by atoms with Crippen molar-refractivity contribution in [2.45, 2.75) is 12.5 Å². The van der Waals surface area contributed by atoms with Gasteiger partial charge in [-0.25, -0.2) is 4.79 Å². The lowest BCUT2D eigenvalue weighted by molar-refractivity contribution is 0.120. The van der Waals surface area contributed by atoms with Crippen LogP contribution < -0.4 is 0 Å². The molecule has 0 aromatic heterocycles. The standard InChI is InChI=1S/C6H10INO3/c7-4-11-6(10)8-2-1-5(9)3-8/h5,9H,1-4H2/t5-/m1/s1. The van der Waals surface area contributed by atoms with Crippen LogP contribution in [0.3, 0.4) is 0 Å². The summed E-state index contributed by atoms with van der Waals surface area (Å²) in [5.74, 6) is 0. The highest BCUT2D eigenvalue weighted by molar-refractivity contribution is 14.1. The first-order valence-electron chi connectivity index (χ1n) is 3.39. The zero-order valence-corrected chi connectivity index (χ0v) is 8.15. The van der Waals surface area contributed by atoms with E-state index < -0.39 is 0 Å². The molecule has 11 heavy (non-hydrogen) atoms. The van der Waals surface area contributed by atoms with Crippen LogP contribution in [0.15, 0.2) is 0 Å². The van der Waals surface area contributed by atoms with Gasteiger partial charge in [-0.3, -0.25) is 0 Å². The van der Waals surface area contributed by atoms with Crippen LogP contribution >= 0.6 is 22.6 Å². The van der Waals surface area contributed by atoms with Crippen molar-refractivity contribution >= 4 is 28.7 Å². The number of nitrogens with zero attached hydrogens (tertiary/aromatic N) is 1. The van der Waals surface area contributed by atoms with E-state index >= 15 is 0 Å². The Hall–Kier alpha value is -0.0400. The lowest BCUT2D eigenvalue weighted by Crippen LogP contribution is -2.29. The first kappa shape index (κ1) is 9.05. The van der Waals surface area contributed by atoms with E-state index in [0.717, 1.165) is 0 Å². The van der Waals surface area contributed by atoms with Crippen LogP contribution in [0.2, 0.25) is 0 Å². The van der Waals surface area contributed by atoms with Crippen molar-refractivity contribution in [3.8, 4) is 0 Å². The van der Waals surface area contributed by atoms with Crippen LogP contribution in [0.4, 0.5) is 4.79 Å². The first-order valence-corrected chi connectivity index (χ1v) is 4.92. The lowest BCUT2D eigenvalue weighted by Gasteiger charge is -2.13. The lowest BCUT2D eigenvalue weighted by atomic mass is 10.3. The van der Waals surface area contributed by atoms with Gasteiger partial charge in [-0.2, -0.15) is 0 Å². The van der Waals surface area contributed by atoms with E-state index in [1.807, 2.05) is 22.6 Å². The Kier molecular flexibility index (Phi) is 3.38. The number of hydrogen-bond acceptors (Lipinski definition) is 3. The molecule has 1 aliphatic heterocycles. The molecule has 0 saturated carbocycles. The van der Waals surface area contributed by atoms with Gasteiger partial charge in [0.05, 0.1) is 6.10 Å². The van der Waals surface area contributed by atoms with E-state index in [9.17, 15) is 4.79 Å². The van der Waals surface area contributed by atoms with Crippen LogP contribution in [-0.2, 0) is 4.74 Å². The minimum absolute atomic E-state index is 0.323. The quantitative estimate of drug-likeness (QED) is 0.560. The van der Waals surface area contributed by atoms with Crippen LogP contribution in [0, 0.1) is 0 Å². The zero-order valence-electron chi connectivity index (χ0n) is 5.99. The Morgan fingerprint density at radius 2 is 2.55 bits per heavy atom. The van der Waals surface area contributed by atoms with Crippen molar-refractivity contribution in [2.75, 3.05) is 17.7 Å². The number of likely N-dealkylation sites (tertiary alicyclic amines) is 1. The van der Waals surface area contributed by atoms with Gasteiger partial charge in [0.1, 0.15) is 4.61 Å². The Morgan fingerprint density at radius 3 is 3.00 bits per heavy atom. The molecule has 0 spiro atoms. The van der Waals surface area contributed by atoms with E-state index in [1.54, 1.807) is 0 Å². The molecule has 1 fully saturated rings. The molecule has 1 heterocycles. The fourth-order valence-electron chi connectivity index (χ4n) is 1.05. The summed E-state index contributed by atoms with van der Waals surface area (Å²) in [7, 11) is 0. The molecular formula is C6H10INO3. The molecule has 4 nitrogen and oxygen atoms in total. The van der Waals surface area contributed by atoms with E-state index in [0.29, 0.717) is 24.1 Å². The molecule has 0 bridgehead atoms. The Labute approximate surface area is 78.6 Å². The maximum Gasteiger partial charge on any atom is 0.410 e. The first-order chi connectivity index (χ1) is 5.24. The Balaban J connectivity index is 2.31. The van der Waals surface area contributed by atoms with Crippen LogP contribution in [-0.4, -0.2) is 39.9 Å².